The van der Waals surface area contributed by atoms with Crippen molar-refractivity contribution in [3.8, 4) is 5.75 Å². The van der Waals surface area contributed by atoms with E-state index >= 15 is 0 Å². The molecule has 1 amide bonds. The fourth-order valence-corrected chi connectivity index (χ4v) is 2.37. The smallest absolute Gasteiger partial charge is 0.257 e. The first-order valence-corrected chi connectivity index (χ1v) is 6.31. The zero-order chi connectivity index (χ0) is 13.3. The molecule has 1 N–H and O–H groups in total. The summed E-state index contributed by atoms with van der Waals surface area (Å²) < 4.78 is 0. The lowest BCUT2D eigenvalue weighted by Crippen LogP contribution is -2.34. The van der Waals surface area contributed by atoms with Crippen LogP contribution in [-0.2, 0) is 0 Å². The maximum absolute atomic E-state index is 12.3. The van der Waals surface area contributed by atoms with Crippen LogP contribution in [0.15, 0.2) is 18.2 Å². The van der Waals surface area contributed by atoms with Gasteiger partial charge >= 0.3 is 0 Å². The number of carbonyl (C=O) groups excluding carboxylic acids is 1. The fourth-order valence-electron chi connectivity index (χ4n) is 2.20. The molecule has 1 heterocycles. The second-order valence-corrected chi connectivity index (χ2v) is 5.26. The molecule has 1 aromatic carbocycles. The average molecular weight is 269 g/mol. The minimum atomic E-state index is -0.131. The third-order valence-corrected chi connectivity index (χ3v) is 3.61. The molecule has 0 radical (unpaired) electrons. The minimum Gasteiger partial charge on any atom is -0.507 e. The molecule has 1 aliphatic rings. The van der Waals surface area contributed by atoms with E-state index < -0.39 is 0 Å². The Hall–Kier alpha value is -1.26. The van der Waals surface area contributed by atoms with Crippen LogP contribution in [0.3, 0.4) is 0 Å². The Morgan fingerprint density at radius 2 is 2.22 bits per heavy atom. The highest BCUT2D eigenvalue weighted by molar-refractivity contribution is 6.30. The van der Waals surface area contributed by atoms with Crippen LogP contribution in [0.25, 0.3) is 0 Å². The molecule has 98 valence electrons. The van der Waals surface area contributed by atoms with Crippen molar-refractivity contribution in [3.63, 3.8) is 0 Å². The molecule has 1 aromatic rings. The van der Waals surface area contributed by atoms with E-state index in [1.165, 1.54) is 6.07 Å². The van der Waals surface area contributed by atoms with Crippen molar-refractivity contribution < 1.29 is 9.90 Å². The summed E-state index contributed by atoms with van der Waals surface area (Å²) in [5, 5.41) is 10.2. The molecule has 1 fully saturated rings. The highest BCUT2D eigenvalue weighted by atomic mass is 35.5. The number of hydrogen-bond donors (Lipinski definition) is 1. The Morgan fingerprint density at radius 1 is 1.50 bits per heavy atom. The quantitative estimate of drug-likeness (QED) is 0.890. The number of likely N-dealkylation sites (tertiary alicyclic amines) is 1. The maximum atomic E-state index is 12.3. The summed E-state index contributed by atoms with van der Waals surface area (Å²) in [5.41, 5.74) is 0.318. The molecule has 0 aliphatic carbocycles. The van der Waals surface area contributed by atoms with E-state index in [0.29, 0.717) is 23.2 Å². The fraction of sp³-hybridized carbons (Fsp3) is 0.462. The van der Waals surface area contributed by atoms with E-state index in [-0.39, 0.29) is 11.7 Å². The number of aromatic hydroxyl groups is 1. The number of benzene rings is 1. The Bertz CT molecular complexity index is 462. The number of carbonyl (C=O) groups is 1. The van der Waals surface area contributed by atoms with Gasteiger partial charge in [-0.15, -0.1) is 0 Å². The normalized spacial score (nSPS) is 19.6. The predicted molar refractivity (Wildman–Crippen MR) is 71.1 cm³/mol. The molecule has 0 spiro atoms. The average Bonchev–Trinajstić information content (AvgIpc) is 2.77. The van der Waals surface area contributed by atoms with E-state index in [0.717, 1.165) is 13.0 Å². The lowest BCUT2D eigenvalue weighted by Gasteiger charge is -2.20. The molecule has 2 rings (SSSR count). The Kier molecular flexibility index (Phi) is 3.78. The Morgan fingerprint density at radius 3 is 2.78 bits per heavy atom. The highest BCUT2D eigenvalue weighted by Crippen LogP contribution is 2.25. The second-order valence-electron chi connectivity index (χ2n) is 4.82. The molecule has 0 saturated carbocycles. The zero-order valence-corrected chi connectivity index (χ0v) is 11.3. The predicted octanol–water partition coefficient (Wildman–Crippen LogP) is 1.82. The molecule has 5 heteroatoms. The van der Waals surface area contributed by atoms with Crippen LogP contribution in [0.4, 0.5) is 0 Å². The van der Waals surface area contributed by atoms with Gasteiger partial charge in [-0.3, -0.25) is 4.79 Å². The molecular weight excluding hydrogens is 252 g/mol. The SMILES string of the molecule is CN(C)C1CCN(C(=O)c2ccc(Cl)cc2O)C1. The highest BCUT2D eigenvalue weighted by Gasteiger charge is 2.29. The molecule has 0 bridgehead atoms. The topological polar surface area (TPSA) is 43.8 Å². The molecule has 1 unspecified atom stereocenters. The zero-order valence-electron chi connectivity index (χ0n) is 10.6. The van der Waals surface area contributed by atoms with Crippen LogP contribution in [-0.4, -0.2) is 54.0 Å². The van der Waals surface area contributed by atoms with Crippen LogP contribution >= 0.6 is 11.6 Å². The molecule has 18 heavy (non-hydrogen) atoms. The lowest BCUT2D eigenvalue weighted by atomic mass is 10.2. The summed E-state index contributed by atoms with van der Waals surface area (Å²) in [4.78, 5) is 16.1. The van der Waals surface area contributed by atoms with Crippen molar-refractivity contribution in [2.45, 2.75) is 12.5 Å². The number of halogens is 1. The largest absolute Gasteiger partial charge is 0.507 e. The van der Waals surface area contributed by atoms with Gasteiger partial charge in [-0.2, -0.15) is 0 Å². The van der Waals surface area contributed by atoms with Gasteiger partial charge in [0.1, 0.15) is 5.75 Å². The maximum Gasteiger partial charge on any atom is 0.257 e. The van der Waals surface area contributed by atoms with Crippen molar-refractivity contribution in [3.05, 3.63) is 28.8 Å². The van der Waals surface area contributed by atoms with Gasteiger partial charge in [0.2, 0.25) is 0 Å². The van der Waals surface area contributed by atoms with Crippen LogP contribution in [0, 0.1) is 0 Å². The van der Waals surface area contributed by atoms with Crippen molar-refractivity contribution in [2.24, 2.45) is 0 Å². The minimum absolute atomic E-state index is 0.0548. The third kappa shape index (κ3) is 2.60. The number of nitrogens with zero attached hydrogens (tertiary/aromatic N) is 2. The summed E-state index contributed by atoms with van der Waals surface area (Å²) in [6.07, 6.45) is 0.965. The van der Waals surface area contributed by atoms with E-state index in [1.807, 2.05) is 14.1 Å². The van der Waals surface area contributed by atoms with E-state index in [2.05, 4.69) is 4.90 Å². The van der Waals surface area contributed by atoms with E-state index in [4.69, 9.17) is 11.6 Å². The van der Waals surface area contributed by atoms with Gasteiger partial charge in [0, 0.05) is 24.2 Å². The first-order chi connectivity index (χ1) is 8.49. The van der Waals surface area contributed by atoms with Crippen molar-refractivity contribution in [1.29, 1.82) is 0 Å². The third-order valence-electron chi connectivity index (χ3n) is 3.37. The number of amides is 1. The molecule has 0 aromatic heterocycles. The monoisotopic (exact) mass is 268 g/mol. The Labute approximate surface area is 112 Å². The van der Waals surface area contributed by atoms with Gasteiger partial charge in [-0.25, -0.2) is 0 Å². The van der Waals surface area contributed by atoms with Crippen molar-refractivity contribution >= 4 is 17.5 Å². The summed E-state index contributed by atoms with van der Waals surface area (Å²) in [7, 11) is 4.02. The first kappa shape index (κ1) is 13.2. The Balaban J connectivity index is 2.13. The van der Waals surface area contributed by atoms with Gasteiger partial charge in [-0.05, 0) is 38.7 Å². The molecule has 1 saturated heterocycles. The first-order valence-electron chi connectivity index (χ1n) is 5.93. The molecule has 1 atom stereocenters. The number of rotatable bonds is 2. The number of likely N-dealkylation sites (N-methyl/N-ethyl adjacent to an activating group) is 1. The molecular formula is C13H17ClN2O2. The van der Waals surface area contributed by atoms with Gasteiger partial charge in [0.15, 0.2) is 0 Å². The summed E-state index contributed by atoms with van der Waals surface area (Å²) in [6, 6.07) is 4.98. The van der Waals surface area contributed by atoms with Crippen molar-refractivity contribution in [1.82, 2.24) is 9.80 Å². The van der Waals surface area contributed by atoms with Crippen LogP contribution in [0.5, 0.6) is 5.75 Å². The number of phenolic OH excluding ortho intramolecular Hbond substituents is 1. The summed E-state index contributed by atoms with van der Waals surface area (Å²) in [6.45, 7) is 1.43. The molecule has 1 aliphatic heterocycles. The van der Waals surface area contributed by atoms with Gasteiger partial charge in [-0.1, -0.05) is 11.6 Å². The number of phenols is 1. The molecule has 4 nitrogen and oxygen atoms in total. The van der Waals surface area contributed by atoms with Crippen LogP contribution in [0.1, 0.15) is 16.8 Å². The van der Waals surface area contributed by atoms with Gasteiger partial charge in [0.25, 0.3) is 5.91 Å². The van der Waals surface area contributed by atoms with E-state index in [1.54, 1.807) is 17.0 Å². The lowest BCUT2D eigenvalue weighted by molar-refractivity contribution is 0.0780. The van der Waals surface area contributed by atoms with Crippen LogP contribution < -0.4 is 0 Å². The summed E-state index contributed by atoms with van der Waals surface area (Å²) in [5.74, 6) is -0.186. The van der Waals surface area contributed by atoms with Crippen molar-refractivity contribution in [2.75, 3.05) is 27.2 Å². The number of hydrogen-bond acceptors (Lipinski definition) is 3. The summed E-state index contributed by atoms with van der Waals surface area (Å²) >= 11 is 5.75. The van der Waals surface area contributed by atoms with E-state index in [9.17, 15) is 9.90 Å². The van der Waals surface area contributed by atoms with Gasteiger partial charge in [0.05, 0.1) is 5.56 Å². The standard InChI is InChI=1S/C13H17ClN2O2/c1-15(2)10-5-6-16(8-10)13(18)11-4-3-9(14)7-12(11)17/h3-4,7,10,17H,5-6,8H2,1-2H3. The second kappa shape index (κ2) is 5.16. The van der Waals surface area contributed by atoms with Gasteiger partial charge < -0.3 is 14.9 Å². The van der Waals surface area contributed by atoms with Crippen LogP contribution in [0.2, 0.25) is 5.02 Å².